The molecule has 2 fully saturated rings. The molecule has 1 atom stereocenters. The zero-order chi connectivity index (χ0) is 14.9. The lowest BCUT2D eigenvalue weighted by Crippen LogP contribution is -2.59. The van der Waals surface area contributed by atoms with E-state index in [4.69, 9.17) is 0 Å². The minimum Gasteiger partial charge on any atom is -0.481 e. The number of hydrogen-bond acceptors (Lipinski definition) is 4. The molecule has 2 rings (SSSR count). The molecular weight excluding hydrogens is 264 g/mol. The third kappa shape index (κ3) is 2.52. The highest BCUT2D eigenvalue weighted by Crippen LogP contribution is 2.41. The van der Waals surface area contributed by atoms with Gasteiger partial charge in [-0.2, -0.15) is 0 Å². The Morgan fingerprint density at radius 3 is 2.50 bits per heavy atom. The van der Waals surface area contributed by atoms with Crippen LogP contribution in [0, 0.1) is 5.41 Å². The smallest absolute Gasteiger partial charge is 0.310 e. The molecule has 2 aliphatic rings. The number of carboxylic acid groups (broad SMARTS) is 1. The fraction of sp³-hybridized carbons (Fsp3) is 0.692. The molecule has 0 aromatic carbocycles. The second-order valence-electron chi connectivity index (χ2n) is 5.58. The lowest BCUT2D eigenvalue weighted by Gasteiger charge is -2.34. The van der Waals surface area contributed by atoms with Crippen molar-refractivity contribution in [3.63, 3.8) is 0 Å². The zero-order valence-electron chi connectivity index (χ0n) is 11.3. The Bertz CT molecular complexity index is 467. The molecule has 110 valence electrons. The molecular formula is C13H18N2O5. The molecule has 0 radical (unpaired) electrons. The Balaban J connectivity index is 2.12. The number of imide groups is 1. The van der Waals surface area contributed by atoms with Crippen molar-refractivity contribution in [2.75, 3.05) is 6.54 Å². The van der Waals surface area contributed by atoms with Crippen LogP contribution < -0.4 is 5.32 Å². The van der Waals surface area contributed by atoms with Crippen molar-refractivity contribution in [3.8, 4) is 0 Å². The number of rotatable bonds is 3. The number of hydrogen-bond donors (Lipinski definition) is 2. The Labute approximate surface area is 116 Å². The summed E-state index contributed by atoms with van der Waals surface area (Å²) in [6.45, 7) is 1.34. The molecule has 0 aromatic rings. The van der Waals surface area contributed by atoms with Crippen molar-refractivity contribution >= 4 is 23.7 Å². The van der Waals surface area contributed by atoms with Crippen LogP contribution in [0.25, 0.3) is 0 Å². The third-order valence-electron chi connectivity index (χ3n) is 4.25. The number of nitrogens with one attached hydrogen (secondary N) is 1. The molecule has 7 nitrogen and oxygen atoms in total. The van der Waals surface area contributed by atoms with Gasteiger partial charge in [0.25, 0.3) is 0 Å². The second kappa shape index (κ2) is 5.22. The predicted molar refractivity (Wildman–Crippen MR) is 67.5 cm³/mol. The second-order valence-corrected chi connectivity index (χ2v) is 5.58. The summed E-state index contributed by atoms with van der Waals surface area (Å²) in [4.78, 5) is 47.8. The van der Waals surface area contributed by atoms with E-state index in [-0.39, 0.29) is 13.0 Å². The van der Waals surface area contributed by atoms with E-state index in [0.29, 0.717) is 12.8 Å². The van der Waals surface area contributed by atoms with E-state index >= 15 is 0 Å². The number of carbonyl (C=O) groups is 4. The van der Waals surface area contributed by atoms with Gasteiger partial charge in [-0.1, -0.05) is 12.8 Å². The predicted octanol–water partition coefficient (Wildman–Crippen LogP) is -0.105. The summed E-state index contributed by atoms with van der Waals surface area (Å²) in [5, 5.41) is 11.5. The van der Waals surface area contributed by atoms with Gasteiger partial charge in [-0.3, -0.25) is 24.5 Å². The highest BCUT2D eigenvalue weighted by atomic mass is 16.4. The lowest BCUT2D eigenvalue weighted by molar-refractivity contribution is -0.156. The summed E-state index contributed by atoms with van der Waals surface area (Å²) in [6, 6.07) is -0.743. The van der Waals surface area contributed by atoms with E-state index in [1.807, 2.05) is 0 Å². The fourth-order valence-corrected chi connectivity index (χ4v) is 2.93. The van der Waals surface area contributed by atoms with E-state index in [0.717, 1.165) is 12.8 Å². The van der Waals surface area contributed by atoms with E-state index in [1.165, 1.54) is 11.8 Å². The summed E-state index contributed by atoms with van der Waals surface area (Å²) in [6.07, 6.45) is 2.36. The van der Waals surface area contributed by atoms with Crippen molar-refractivity contribution in [1.82, 2.24) is 10.2 Å². The van der Waals surface area contributed by atoms with Crippen LogP contribution in [-0.2, 0) is 19.2 Å². The normalized spacial score (nSPS) is 25.4. The maximum atomic E-state index is 12.3. The van der Waals surface area contributed by atoms with Crippen molar-refractivity contribution < 1.29 is 24.3 Å². The van der Waals surface area contributed by atoms with Crippen LogP contribution in [0.1, 0.15) is 39.0 Å². The highest BCUT2D eigenvalue weighted by Gasteiger charge is 2.45. The van der Waals surface area contributed by atoms with E-state index in [9.17, 15) is 24.3 Å². The largest absolute Gasteiger partial charge is 0.481 e. The van der Waals surface area contributed by atoms with Gasteiger partial charge in [0.15, 0.2) is 0 Å². The van der Waals surface area contributed by atoms with Gasteiger partial charge in [0.05, 0.1) is 5.41 Å². The van der Waals surface area contributed by atoms with E-state index in [1.54, 1.807) is 0 Å². The molecule has 0 aromatic heterocycles. The first-order chi connectivity index (χ1) is 9.35. The number of carboxylic acids is 1. The molecule has 1 saturated heterocycles. The molecule has 20 heavy (non-hydrogen) atoms. The van der Waals surface area contributed by atoms with Crippen LogP contribution in [0.4, 0.5) is 0 Å². The molecule has 1 heterocycles. The minimum absolute atomic E-state index is 0.146. The monoisotopic (exact) mass is 282 g/mol. The van der Waals surface area contributed by atoms with Gasteiger partial charge >= 0.3 is 5.97 Å². The molecule has 3 amide bonds. The van der Waals surface area contributed by atoms with Crippen LogP contribution in [0.5, 0.6) is 0 Å². The average molecular weight is 282 g/mol. The summed E-state index contributed by atoms with van der Waals surface area (Å²) >= 11 is 0. The topological polar surface area (TPSA) is 104 Å². The Hall–Kier alpha value is -1.92. The van der Waals surface area contributed by atoms with E-state index < -0.39 is 35.1 Å². The van der Waals surface area contributed by atoms with E-state index in [2.05, 4.69) is 5.32 Å². The maximum absolute atomic E-state index is 12.3. The molecule has 0 spiro atoms. The van der Waals surface area contributed by atoms with Gasteiger partial charge in [0.1, 0.15) is 12.6 Å². The average Bonchev–Trinajstić information content (AvgIpc) is 2.83. The SMILES string of the molecule is CC1C(=O)NC(=O)CN1C(=O)CC1(C(=O)O)CCCC1. The zero-order valence-corrected chi connectivity index (χ0v) is 11.3. The standard InChI is InChI=1S/C13H18N2O5/c1-8-11(18)14-9(16)7-15(8)10(17)6-13(12(19)20)4-2-3-5-13/h8H,2-7H2,1H3,(H,19,20)(H,14,16,18). The fourth-order valence-electron chi connectivity index (χ4n) is 2.93. The number of nitrogens with zero attached hydrogens (tertiary/aromatic N) is 1. The number of carbonyl (C=O) groups excluding carboxylic acids is 3. The maximum Gasteiger partial charge on any atom is 0.310 e. The van der Waals surface area contributed by atoms with Gasteiger partial charge in [0, 0.05) is 6.42 Å². The van der Waals surface area contributed by atoms with Crippen LogP contribution in [0.2, 0.25) is 0 Å². The molecule has 2 N–H and O–H groups in total. The van der Waals surface area contributed by atoms with Gasteiger partial charge in [-0.25, -0.2) is 0 Å². The first-order valence-corrected chi connectivity index (χ1v) is 6.72. The van der Waals surface area contributed by atoms with Gasteiger partial charge in [-0.05, 0) is 19.8 Å². The van der Waals surface area contributed by atoms with Crippen molar-refractivity contribution in [3.05, 3.63) is 0 Å². The summed E-state index contributed by atoms with van der Waals surface area (Å²) in [5.74, 6) is -2.46. The number of piperazine rings is 1. The van der Waals surface area contributed by atoms with Gasteiger partial charge in [-0.15, -0.1) is 0 Å². The number of amides is 3. The molecule has 1 aliphatic carbocycles. The molecule has 1 unspecified atom stereocenters. The molecule has 0 bridgehead atoms. The van der Waals surface area contributed by atoms with Crippen LogP contribution in [-0.4, -0.2) is 46.3 Å². The minimum atomic E-state index is -1.03. The van der Waals surface area contributed by atoms with Crippen LogP contribution in [0.15, 0.2) is 0 Å². The molecule has 1 aliphatic heterocycles. The summed E-state index contributed by atoms with van der Waals surface area (Å²) in [5.41, 5.74) is -1.03. The first-order valence-electron chi connectivity index (χ1n) is 6.72. The van der Waals surface area contributed by atoms with Crippen LogP contribution >= 0.6 is 0 Å². The molecule has 1 saturated carbocycles. The molecule has 7 heteroatoms. The van der Waals surface area contributed by atoms with Crippen molar-refractivity contribution in [2.24, 2.45) is 5.41 Å². The lowest BCUT2D eigenvalue weighted by atomic mass is 9.82. The summed E-state index contributed by atoms with van der Waals surface area (Å²) < 4.78 is 0. The first kappa shape index (κ1) is 14.5. The Morgan fingerprint density at radius 1 is 1.35 bits per heavy atom. The van der Waals surface area contributed by atoms with Crippen molar-refractivity contribution in [2.45, 2.75) is 45.1 Å². The Kier molecular flexibility index (Phi) is 3.78. The van der Waals surface area contributed by atoms with Gasteiger partial charge < -0.3 is 10.0 Å². The summed E-state index contributed by atoms with van der Waals surface area (Å²) in [7, 11) is 0. The number of aliphatic carboxylic acids is 1. The Morgan fingerprint density at radius 2 is 1.95 bits per heavy atom. The quantitative estimate of drug-likeness (QED) is 0.703. The van der Waals surface area contributed by atoms with Crippen molar-refractivity contribution in [1.29, 1.82) is 0 Å². The van der Waals surface area contributed by atoms with Crippen LogP contribution in [0.3, 0.4) is 0 Å². The highest BCUT2D eigenvalue weighted by molar-refractivity contribution is 6.04. The third-order valence-corrected chi connectivity index (χ3v) is 4.25. The van der Waals surface area contributed by atoms with Gasteiger partial charge in [0.2, 0.25) is 17.7 Å².